The first-order valence-electron chi connectivity index (χ1n) is 5.77. The zero-order valence-electron chi connectivity index (χ0n) is 9.35. The van der Waals surface area contributed by atoms with Gasteiger partial charge in [0.15, 0.2) is 0 Å². The number of aliphatic hydroxyl groups is 1. The average molecular weight is 239 g/mol. The minimum atomic E-state index is -0.674. The second kappa shape index (κ2) is 3.38. The molecule has 0 aliphatic heterocycles. The lowest BCUT2D eigenvalue weighted by molar-refractivity contribution is 0.147. The molecule has 1 aromatic carbocycles. The van der Waals surface area contributed by atoms with Crippen LogP contribution in [0.25, 0.3) is 0 Å². The summed E-state index contributed by atoms with van der Waals surface area (Å²) in [5.74, 6) is 0.683. The fourth-order valence-electron chi connectivity index (χ4n) is 2.61. The van der Waals surface area contributed by atoms with Crippen molar-refractivity contribution in [2.45, 2.75) is 37.7 Å². The monoisotopic (exact) mass is 238 g/mol. The van der Waals surface area contributed by atoms with Crippen molar-refractivity contribution in [3.05, 3.63) is 27.8 Å². The Bertz CT molecular complexity index is 450. The number of rotatable bonds is 2. The largest absolute Gasteiger partial charge is 0.495 e. The first-order valence-corrected chi connectivity index (χ1v) is 6.14. The summed E-state index contributed by atoms with van der Waals surface area (Å²) >= 11 is 6.36. The van der Waals surface area contributed by atoms with Crippen LogP contribution >= 0.6 is 11.6 Å². The number of benzene rings is 1. The highest BCUT2D eigenvalue weighted by molar-refractivity contribution is 6.33. The van der Waals surface area contributed by atoms with Gasteiger partial charge in [-0.2, -0.15) is 0 Å². The van der Waals surface area contributed by atoms with Crippen LogP contribution in [-0.4, -0.2) is 12.2 Å². The lowest BCUT2D eigenvalue weighted by Crippen LogP contribution is -2.08. The standard InChI is InChI=1S/C13H15ClO2/c1-16-12-10(13(15)5-6-13)7-8-3-2-4-9(8)11(12)14/h7,15H,2-6H2,1H3. The molecular formula is C13H15ClO2. The maximum atomic E-state index is 10.2. The van der Waals surface area contributed by atoms with Crippen LogP contribution in [0.15, 0.2) is 6.07 Å². The Morgan fingerprint density at radius 3 is 2.75 bits per heavy atom. The van der Waals surface area contributed by atoms with Crippen molar-refractivity contribution < 1.29 is 9.84 Å². The van der Waals surface area contributed by atoms with Crippen LogP contribution in [-0.2, 0) is 18.4 Å². The molecule has 16 heavy (non-hydrogen) atoms. The molecule has 1 fully saturated rings. The van der Waals surface area contributed by atoms with Gasteiger partial charge in [0.2, 0.25) is 0 Å². The fraction of sp³-hybridized carbons (Fsp3) is 0.538. The highest BCUT2D eigenvalue weighted by Gasteiger charge is 2.45. The predicted molar refractivity (Wildman–Crippen MR) is 63.2 cm³/mol. The van der Waals surface area contributed by atoms with Crippen LogP contribution in [0.3, 0.4) is 0 Å². The third kappa shape index (κ3) is 1.36. The van der Waals surface area contributed by atoms with E-state index in [4.69, 9.17) is 16.3 Å². The third-order valence-electron chi connectivity index (χ3n) is 3.72. The van der Waals surface area contributed by atoms with E-state index in [-0.39, 0.29) is 0 Å². The summed E-state index contributed by atoms with van der Waals surface area (Å²) in [6.07, 6.45) is 4.89. The van der Waals surface area contributed by atoms with Crippen molar-refractivity contribution in [3.63, 3.8) is 0 Å². The first-order chi connectivity index (χ1) is 7.65. The topological polar surface area (TPSA) is 29.5 Å². The van der Waals surface area contributed by atoms with Crippen LogP contribution in [0.5, 0.6) is 5.75 Å². The molecule has 0 heterocycles. The summed E-state index contributed by atoms with van der Waals surface area (Å²) in [5.41, 5.74) is 2.72. The second-order valence-electron chi connectivity index (χ2n) is 4.79. The van der Waals surface area contributed by atoms with E-state index < -0.39 is 5.60 Å². The highest BCUT2D eigenvalue weighted by atomic mass is 35.5. The molecule has 0 aromatic heterocycles. The van der Waals surface area contributed by atoms with Gasteiger partial charge >= 0.3 is 0 Å². The maximum Gasteiger partial charge on any atom is 0.143 e. The van der Waals surface area contributed by atoms with E-state index in [9.17, 15) is 5.11 Å². The summed E-state index contributed by atoms with van der Waals surface area (Å²) < 4.78 is 5.38. The van der Waals surface area contributed by atoms with Gasteiger partial charge in [-0.3, -0.25) is 0 Å². The Hall–Kier alpha value is -0.730. The predicted octanol–water partition coefficient (Wildman–Crippen LogP) is 2.82. The molecule has 0 saturated heterocycles. The van der Waals surface area contributed by atoms with Crippen LogP contribution < -0.4 is 4.74 Å². The van der Waals surface area contributed by atoms with Gasteiger partial charge in [-0.05, 0) is 49.3 Å². The van der Waals surface area contributed by atoms with Crippen molar-refractivity contribution >= 4 is 11.6 Å². The molecule has 0 spiro atoms. The van der Waals surface area contributed by atoms with E-state index >= 15 is 0 Å². The number of ether oxygens (including phenoxy) is 1. The maximum absolute atomic E-state index is 10.2. The Labute approximate surface area is 100 Å². The minimum Gasteiger partial charge on any atom is -0.495 e. The van der Waals surface area contributed by atoms with E-state index in [0.717, 1.165) is 37.7 Å². The minimum absolute atomic E-state index is 0.674. The van der Waals surface area contributed by atoms with Gasteiger partial charge in [0.1, 0.15) is 5.75 Å². The molecule has 0 unspecified atom stereocenters. The van der Waals surface area contributed by atoms with Crippen molar-refractivity contribution in [1.29, 1.82) is 0 Å². The third-order valence-corrected chi connectivity index (χ3v) is 4.12. The quantitative estimate of drug-likeness (QED) is 0.859. The molecule has 1 N–H and O–H groups in total. The van der Waals surface area contributed by atoms with Gasteiger partial charge < -0.3 is 9.84 Å². The molecule has 0 atom stereocenters. The van der Waals surface area contributed by atoms with Gasteiger partial charge in [-0.25, -0.2) is 0 Å². The zero-order valence-corrected chi connectivity index (χ0v) is 10.1. The summed E-state index contributed by atoms with van der Waals surface area (Å²) in [6.45, 7) is 0. The van der Waals surface area contributed by atoms with Crippen LogP contribution in [0.4, 0.5) is 0 Å². The number of fused-ring (bicyclic) bond motifs is 1. The summed E-state index contributed by atoms with van der Waals surface area (Å²) in [4.78, 5) is 0. The SMILES string of the molecule is COc1c(C2(O)CC2)cc2c(c1Cl)CCC2. The molecule has 2 aliphatic carbocycles. The molecule has 0 bridgehead atoms. The van der Waals surface area contributed by atoms with E-state index in [1.807, 2.05) is 0 Å². The molecule has 0 radical (unpaired) electrons. The smallest absolute Gasteiger partial charge is 0.143 e. The molecule has 3 rings (SSSR count). The second-order valence-corrected chi connectivity index (χ2v) is 5.17. The zero-order chi connectivity index (χ0) is 11.3. The molecular weight excluding hydrogens is 224 g/mol. The highest BCUT2D eigenvalue weighted by Crippen LogP contribution is 2.52. The van der Waals surface area contributed by atoms with Crippen LogP contribution in [0, 0.1) is 0 Å². The van der Waals surface area contributed by atoms with Gasteiger partial charge in [0.05, 0.1) is 17.7 Å². The molecule has 0 amide bonds. The number of aryl methyl sites for hydroxylation is 1. The lowest BCUT2D eigenvalue weighted by Gasteiger charge is -2.17. The van der Waals surface area contributed by atoms with Gasteiger partial charge in [-0.1, -0.05) is 11.6 Å². The van der Waals surface area contributed by atoms with E-state index in [1.165, 1.54) is 11.1 Å². The molecule has 2 aliphatic rings. The normalized spacial score (nSPS) is 20.7. The van der Waals surface area contributed by atoms with E-state index in [2.05, 4.69) is 6.07 Å². The number of methoxy groups -OCH3 is 1. The lowest BCUT2D eigenvalue weighted by atomic mass is 10.00. The van der Waals surface area contributed by atoms with Crippen LogP contribution in [0.2, 0.25) is 5.02 Å². The number of hydrogen-bond acceptors (Lipinski definition) is 2. The molecule has 1 saturated carbocycles. The Kier molecular flexibility index (Phi) is 2.20. The number of hydrogen-bond donors (Lipinski definition) is 1. The summed E-state index contributed by atoms with van der Waals surface area (Å²) in [5, 5.41) is 10.9. The summed E-state index contributed by atoms with van der Waals surface area (Å²) in [6, 6.07) is 2.10. The van der Waals surface area contributed by atoms with E-state index in [0.29, 0.717) is 10.8 Å². The van der Waals surface area contributed by atoms with Crippen molar-refractivity contribution in [1.82, 2.24) is 0 Å². The van der Waals surface area contributed by atoms with Gasteiger partial charge in [-0.15, -0.1) is 0 Å². The Balaban J connectivity index is 2.21. The van der Waals surface area contributed by atoms with Gasteiger partial charge in [0, 0.05) is 5.56 Å². The van der Waals surface area contributed by atoms with Crippen molar-refractivity contribution in [2.24, 2.45) is 0 Å². The molecule has 2 nitrogen and oxygen atoms in total. The van der Waals surface area contributed by atoms with Crippen molar-refractivity contribution in [3.8, 4) is 5.75 Å². The summed E-state index contributed by atoms with van der Waals surface area (Å²) in [7, 11) is 1.62. The molecule has 86 valence electrons. The van der Waals surface area contributed by atoms with Crippen molar-refractivity contribution in [2.75, 3.05) is 7.11 Å². The average Bonchev–Trinajstić information content (AvgIpc) is 2.84. The van der Waals surface area contributed by atoms with E-state index in [1.54, 1.807) is 7.11 Å². The number of halogens is 1. The molecule has 1 aromatic rings. The fourth-order valence-corrected chi connectivity index (χ4v) is 3.00. The first kappa shape index (κ1) is 10.4. The Morgan fingerprint density at radius 2 is 2.12 bits per heavy atom. The Morgan fingerprint density at radius 1 is 1.38 bits per heavy atom. The van der Waals surface area contributed by atoms with Gasteiger partial charge in [0.25, 0.3) is 0 Å². The van der Waals surface area contributed by atoms with Crippen LogP contribution in [0.1, 0.15) is 36.0 Å². The molecule has 3 heteroatoms.